The van der Waals surface area contributed by atoms with Crippen LogP contribution < -0.4 is 0 Å². The summed E-state index contributed by atoms with van der Waals surface area (Å²) >= 11 is 0. The summed E-state index contributed by atoms with van der Waals surface area (Å²) in [6, 6.07) is 16.3. The molecule has 1 aliphatic rings. The molecule has 0 spiro atoms. The van der Waals surface area contributed by atoms with Gasteiger partial charge in [-0.15, -0.1) is 0 Å². The largest absolute Gasteiger partial charge is 0.460 e. The first-order valence-electron chi connectivity index (χ1n) is 14.6. The van der Waals surface area contributed by atoms with Crippen molar-refractivity contribution in [3.05, 3.63) is 59.7 Å². The van der Waals surface area contributed by atoms with Gasteiger partial charge < -0.3 is 9.47 Å². The van der Waals surface area contributed by atoms with Crippen molar-refractivity contribution < 1.29 is 23.5 Å². The molecule has 0 aliphatic heterocycles. The van der Waals surface area contributed by atoms with E-state index in [4.69, 9.17) is 9.47 Å². The first kappa shape index (κ1) is 29.9. The molecule has 0 unspecified atom stereocenters. The monoisotopic (exact) mass is 524 g/mol. The molecule has 2 aromatic rings. The highest BCUT2D eigenvalue weighted by atomic mass is 19.1. The molecule has 0 radical (unpaired) electrons. The highest BCUT2D eigenvalue weighted by Gasteiger charge is 2.26. The van der Waals surface area contributed by atoms with Crippen LogP contribution in [0.4, 0.5) is 4.39 Å². The number of unbranched alkanes of at least 4 members (excludes halogenated alkanes) is 3. The Balaban J connectivity index is 1.41. The molecule has 0 N–H and O–H groups in total. The van der Waals surface area contributed by atoms with Gasteiger partial charge in [0.15, 0.2) is 6.17 Å². The minimum Gasteiger partial charge on any atom is -0.460 e. The average molecular weight is 525 g/mol. The predicted molar refractivity (Wildman–Crippen MR) is 151 cm³/mol. The number of halogens is 1. The molecule has 2 aromatic carbocycles. The second-order valence-electron chi connectivity index (χ2n) is 10.8. The summed E-state index contributed by atoms with van der Waals surface area (Å²) in [6.07, 6.45) is 9.92. The third-order valence-electron chi connectivity index (χ3n) is 7.71. The molecular weight excluding hydrogens is 479 g/mol. The minimum atomic E-state index is -1.50. The summed E-state index contributed by atoms with van der Waals surface area (Å²) in [6.45, 7) is 5.82. The van der Waals surface area contributed by atoms with Gasteiger partial charge in [0.25, 0.3) is 0 Å². The number of rotatable bonds is 14. The van der Waals surface area contributed by atoms with Gasteiger partial charge in [-0.2, -0.15) is 0 Å². The molecule has 5 heteroatoms. The second kappa shape index (κ2) is 15.7. The topological polar surface area (TPSA) is 52.6 Å². The van der Waals surface area contributed by atoms with Crippen LogP contribution in [0.3, 0.4) is 0 Å². The number of aryl methyl sites for hydroxylation is 1. The van der Waals surface area contributed by atoms with E-state index in [-0.39, 0.29) is 24.6 Å². The van der Waals surface area contributed by atoms with Gasteiger partial charge in [-0.3, -0.25) is 0 Å². The van der Waals surface area contributed by atoms with Gasteiger partial charge in [-0.25, -0.2) is 14.0 Å². The first-order valence-corrected chi connectivity index (χ1v) is 14.6. The van der Waals surface area contributed by atoms with Crippen molar-refractivity contribution in [2.24, 2.45) is 5.92 Å². The van der Waals surface area contributed by atoms with E-state index in [1.165, 1.54) is 24.8 Å². The molecule has 208 valence electrons. The second-order valence-corrected chi connectivity index (χ2v) is 10.8. The van der Waals surface area contributed by atoms with E-state index in [0.29, 0.717) is 11.5 Å². The molecule has 1 aliphatic carbocycles. The van der Waals surface area contributed by atoms with Crippen LogP contribution in [0, 0.1) is 5.92 Å². The normalized spacial score (nSPS) is 18.9. The lowest BCUT2D eigenvalue weighted by Gasteiger charge is -2.28. The van der Waals surface area contributed by atoms with Gasteiger partial charge in [-0.05, 0) is 99.5 Å². The Labute approximate surface area is 228 Å². The van der Waals surface area contributed by atoms with Gasteiger partial charge in [0.2, 0.25) is 0 Å². The van der Waals surface area contributed by atoms with Gasteiger partial charge in [-0.1, -0.05) is 69.5 Å². The number of alkyl halides is 1. The number of benzene rings is 2. The van der Waals surface area contributed by atoms with Crippen molar-refractivity contribution >= 4 is 11.9 Å². The van der Waals surface area contributed by atoms with E-state index in [9.17, 15) is 14.0 Å². The van der Waals surface area contributed by atoms with Crippen LogP contribution in [0.5, 0.6) is 0 Å². The number of carbonyl (C=O) groups excluding carboxylic acids is 2. The fourth-order valence-electron chi connectivity index (χ4n) is 5.14. The number of esters is 2. The van der Waals surface area contributed by atoms with Crippen LogP contribution in [0.2, 0.25) is 0 Å². The molecule has 1 fully saturated rings. The lowest BCUT2D eigenvalue weighted by Crippen LogP contribution is -2.28. The minimum absolute atomic E-state index is 0.0610. The maximum atomic E-state index is 13.5. The average Bonchev–Trinajstić information content (AvgIpc) is 2.95. The molecule has 0 saturated heterocycles. The van der Waals surface area contributed by atoms with Crippen LogP contribution in [0.25, 0.3) is 11.1 Å². The van der Waals surface area contributed by atoms with Crippen molar-refractivity contribution in [1.82, 2.24) is 0 Å². The SMILES string of the molecule is CCCCCC[C@@H](C)OC(=O)c1ccc(-c2ccc(CC[C@H]3CC[C@H](OC(=O)[C@@H](F)CC)CC3)cc2)cc1. The van der Waals surface area contributed by atoms with Crippen LogP contribution in [0.1, 0.15) is 107 Å². The molecule has 3 rings (SSSR count). The molecule has 1 saturated carbocycles. The Morgan fingerprint density at radius 3 is 2.13 bits per heavy atom. The number of carbonyl (C=O) groups is 2. The first-order chi connectivity index (χ1) is 18.4. The summed E-state index contributed by atoms with van der Waals surface area (Å²) in [7, 11) is 0. The van der Waals surface area contributed by atoms with E-state index in [2.05, 4.69) is 31.2 Å². The molecule has 38 heavy (non-hydrogen) atoms. The van der Waals surface area contributed by atoms with E-state index in [1.807, 2.05) is 31.2 Å². The standard InChI is InChI=1S/C33H45FO4/c1-4-6-7-8-9-24(3)37-32(35)29-20-18-28(19-21-29)27-16-12-25(13-17-27)10-11-26-14-22-30(23-15-26)38-33(36)31(34)5-2/h12-13,16-21,24,26,30-31H,4-11,14-15,22-23H2,1-3H3/t24-,26-,30-,31+/m1/s1. The zero-order valence-electron chi connectivity index (χ0n) is 23.4. The lowest BCUT2D eigenvalue weighted by molar-refractivity contribution is -0.157. The Bertz CT molecular complexity index is 977. The summed E-state index contributed by atoms with van der Waals surface area (Å²) in [5.74, 6) is -0.341. The van der Waals surface area contributed by atoms with Crippen molar-refractivity contribution in [1.29, 1.82) is 0 Å². The van der Waals surface area contributed by atoms with Gasteiger partial charge >= 0.3 is 11.9 Å². The van der Waals surface area contributed by atoms with E-state index < -0.39 is 12.1 Å². The van der Waals surface area contributed by atoms with Crippen molar-refractivity contribution in [3.8, 4) is 11.1 Å². The van der Waals surface area contributed by atoms with Crippen molar-refractivity contribution in [2.75, 3.05) is 0 Å². The van der Waals surface area contributed by atoms with Crippen LogP contribution >= 0.6 is 0 Å². The van der Waals surface area contributed by atoms with Crippen LogP contribution in [-0.2, 0) is 20.7 Å². The van der Waals surface area contributed by atoms with Gasteiger partial charge in [0.1, 0.15) is 6.10 Å². The molecule has 2 atom stereocenters. The predicted octanol–water partition coefficient (Wildman–Crippen LogP) is 8.65. The van der Waals surface area contributed by atoms with Crippen molar-refractivity contribution in [2.45, 2.75) is 116 Å². The van der Waals surface area contributed by atoms with Crippen molar-refractivity contribution in [3.63, 3.8) is 0 Å². The summed E-state index contributed by atoms with van der Waals surface area (Å²) in [5.41, 5.74) is 4.09. The molecule has 0 aromatic heterocycles. The van der Waals surface area contributed by atoms with E-state index in [1.54, 1.807) is 6.92 Å². The maximum absolute atomic E-state index is 13.5. The fraction of sp³-hybridized carbons (Fsp3) is 0.576. The molecular formula is C33H45FO4. The summed E-state index contributed by atoms with van der Waals surface area (Å²) in [5, 5.41) is 0. The fourth-order valence-corrected chi connectivity index (χ4v) is 5.14. The third-order valence-corrected chi connectivity index (χ3v) is 7.71. The smallest absolute Gasteiger partial charge is 0.340 e. The Kier molecular flexibility index (Phi) is 12.3. The highest BCUT2D eigenvalue weighted by Crippen LogP contribution is 2.30. The number of hydrogen-bond donors (Lipinski definition) is 0. The van der Waals surface area contributed by atoms with E-state index in [0.717, 1.165) is 62.5 Å². The molecule has 0 heterocycles. The molecule has 4 nitrogen and oxygen atoms in total. The zero-order chi connectivity index (χ0) is 27.3. The Hall–Kier alpha value is -2.69. The summed E-state index contributed by atoms with van der Waals surface area (Å²) in [4.78, 5) is 24.2. The number of ether oxygens (including phenoxy) is 2. The van der Waals surface area contributed by atoms with Gasteiger partial charge in [0.05, 0.1) is 11.7 Å². The maximum Gasteiger partial charge on any atom is 0.340 e. The van der Waals surface area contributed by atoms with Crippen LogP contribution in [0.15, 0.2) is 48.5 Å². The molecule has 0 bridgehead atoms. The van der Waals surface area contributed by atoms with E-state index >= 15 is 0 Å². The van der Waals surface area contributed by atoms with Crippen LogP contribution in [-0.4, -0.2) is 30.3 Å². The number of hydrogen-bond acceptors (Lipinski definition) is 4. The Morgan fingerprint density at radius 2 is 1.53 bits per heavy atom. The third kappa shape index (κ3) is 9.56. The lowest BCUT2D eigenvalue weighted by atomic mass is 9.83. The quantitative estimate of drug-likeness (QED) is 0.183. The zero-order valence-corrected chi connectivity index (χ0v) is 23.4. The van der Waals surface area contributed by atoms with Gasteiger partial charge in [0, 0.05) is 0 Å². The highest BCUT2D eigenvalue weighted by molar-refractivity contribution is 5.90. The molecule has 0 amide bonds. The Morgan fingerprint density at radius 1 is 0.895 bits per heavy atom. The summed E-state index contributed by atoms with van der Waals surface area (Å²) < 4.78 is 24.4.